The predicted molar refractivity (Wildman–Crippen MR) is 143 cm³/mol. The van der Waals surface area contributed by atoms with E-state index in [0.29, 0.717) is 41.0 Å². The van der Waals surface area contributed by atoms with Crippen LogP contribution in [0, 0.1) is 0 Å². The van der Waals surface area contributed by atoms with Gasteiger partial charge in [-0.15, -0.1) is 11.6 Å². The first-order chi connectivity index (χ1) is 17.1. The fourth-order valence-corrected chi connectivity index (χ4v) is 3.79. The molecular weight excluding hydrogens is 482 g/mol. The molecule has 2 amide bonds. The van der Waals surface area contributed by atoms with Crippen molar-refractivity contribution in [2.75, 3.05) is 30.7 Å². The Morgan fingerprint density at radius 2 is 1.72 bits per heavy atom. The van der Waals surface area contributed by atoms with Gasteiger partial charge < -0.3 is 19.5 Å². The van der Waals surface area contributed by atoms with Crippen LogP contribution in [-0.4, -0.2) is 42.7 Å². The van der Waals surface area contributed by atoms with Gasteiger partial charge in [-0.25, -0.2) is 4.79 Å². The number of aryl methyl sites for hydroxylation is 1. The van der Waals surface area contributed by atoms with E-state index in [1.165, 1.54) is 20.3 Å². The van der Waals surface area contributed by atoms with Gasteiger partial charge in [-0.05, 0) is 56.4 Å². The first-order valence-corrected chi connectivity index (χ1v) is 11.9. The van der Waals surface area contributed by atoms with Gasteiger partial charge in [-0.1, -0.05) is 24.3 Å². The Kier molecular flexibility index (Phi) is 8.77. The van der Waals surface area contributed by atoms with Crippen LogP contribution in [0.25, 0.3) is 16.8 Å². The third-order valence-corrected chi connectivity index (χ3v) is 5.26. The molecule has 2 aromatic carbocycles. The molecule has 3 rings (SSSR count). The van der Waals surface area contributed by atoms with Gasteiger partial charge in [0.2, 0.25) is 17.7 Å². The SMILES string of the molecule is COc1ccc(/C=C/C(=O)Nc2cc(NC(=O)OC(C)(C)C)c3ccccc3c2CCCl)c(OC)n1. The number of hydrogen-bond acceptors (Lipinski definition) is 6. The van der Waals surface area contributed by atoms with Crippen molar-refractivity contribution in [3.8, 4) is 11.8 Å². The number of ether oxygens (including phenoxy) is 3. The largest absolute Gasteiger partial charge is 0.481 e. The maximum absolute atomic E-state index is 12.9. The Hall–Kier alpha value is -3.78. The average molecular weight is 512 g/mol. The lowest BCUT2D eigenvalue weighted by Crippen LogP contribution is -2.27. The summed E-state index contributed by atoms with van der Waals surface area (Å²) in [5.74, 6) is 0.717. The van der Waals surface area contributed by atoms with Crippen molar-refractivity contribution >= 4 is 51.8 Å². The van der Waals surface area contributed by atoms with Crippen LogP contribution in [0.2, 0.25) is 0 Å². The van der Waals surface area contributed by atoms with Gasteiger partial charge in [-0.2, -0.15) is 4.98 Å². The summed E-state index contributed by atoms with van der Waals surface area (Å²) in [4.78, 5) is 29.6. The highest BCUT2D eigenvalue weighted by Gasteiger charge is 2.19. The van der Waals surface area contributed by atoms with E-state index in [9.17, 15) is 9.59 Å². The van der Waals surface area contributed by atoms with Crippen LogP contribution >= 0.6 is 11.6 Å². The quantitative estimate of drug-likeness (QED) is 0.283. The number of methoxy groups -OCH3 is 2. The number of hydrogen-bond donors (Lipinski definition) is 2. The zero-order valence-electron chi connectivity index (χ0n) is 21.0. The smallest absolute Gasteiger partial charge is 0.412 e. The van der Waals surface area contributed by atoms with Crippen LogP contribution in [0.5, 0.6) is 11.8 Å². The molecule has 0 saturated heterocycles. The molecule has 0 aliphatic carbocycles. The zero-order valence-corrected chi connectivity index (χ0v) is 21.7. The minimum atomic E-state index is -0.655. The van der Waals surface area contributed by atoms with E-state index in [2.05, 4.69) is 15.6 Å². The predicted octanol–water partition coefficient (Wildman–Crippen LogP) is 6.03. The van der Waals surface area contributed by atoms with Crippen molar-refractivity contribution in [3.63, 3.8) is 0 Å². The summed E-state index contributed by atoms with van der Waals surface area (Å²) < 4.78 is 15.8. The zero-order chi connectivity index (χ0) is 26.3. The molecule has 0 atom stereocenters. The molecule has 9 heteroatoms. The summed E-state index contributed by atoms with van der Waals surface area (Å²) in [7, 11) is 3.00. The number of fused-ring (bicyclic) bond motifs is 1. The number of benzene rings is 2. The van der Waals surface area contributed by atoms with Crippen molar-refractivity contribution in [2.45, 2.75) is 32.8 Å². The molecule has 2 N–H and O–H groups in total. The lowest BCUT2D eigenvalue weighted by atomic mass is 9.98. The maximum Gasteiger partial charge on any atom is 0.412 e. The van der Waals surface area contributed by atoms with Crippen LogP contribution in [-0.2, 0) is 16.0 Å². The Labute approximate surface area is 215 Å². The fraction of sp³-hybridized carbons (Fsp3) is 0.296. The number of carbonyl (C=O) groups excluding carboxylic acids is 2. The summed E-state index contributed by atoms with van der Waals surface area (Å²) in [5.41, 5.74) is 1.87. The maximum atomic E-state index is 12.9. The number of nitrogens with one attached hydrogen (secondary N) is 2. The summed E-state index contributed by atoms with van der Waals surface area (Å²) in [6.07, 6.45) is 2.91. The first kappa shape index (κ1) is 26.8. The number of amides is 2. The van der Waals surface area contributed by atoms with Crippen LogP contribution in [0.15, 0.2) is 48.5 Å². The molecule has 0 saturated carbocycles. The highest BCUT2D eigenvalue weighted by Crippen LogP contribution is 2.34. The Morgan fingerprint density at radius 3 is 2.36 bits per heavy atom. The molecule has 0 unspecified atom stereocenters. The lowest BCUT2D eigenvalue weighted by molar-refractivity contribution is -0.111. The van der Waals surface area contributed by atoms with E-state index < -0.39 is 11.7 Å². The van der Waals surface area contributed by atoms with Crippen molar-refractivity contribution in [1.82, 2.24) is 4.98 Å². The summed E-state index contributed by atoms with van der Waals surface area (Å²) in [5, 5.41) is 7.40. The minimum absolute atomic E-state index is 0.329. The average Bonchev–Trinajstić information content (AvgIpc) is 2.83. The molecule has 3 aromatic rings. The Bertz CT molecular complexity index is 1280. The third kappa shape index (κ3) is 6.88. The summed E-state index contributed by atoms with van der Waals surface area (Å²) in [6, 6.07) is 12.7. The fourth-order valence-electron chi connectivity index (χ4n) is 3.61. The molecule has 0 bridgehead atoms. The number of aromatic nitrogens is 1. The molecule has 0 aliphatic rings. The number of rotatable bonds is 8. The van der Waals surface area contributed by atoms with Gasteiger partial charge in [0.25, 0.3) is 0 Å². The third-order valence-electron chi connectivity index (χ3n) is 5.08. The molecule has 0 radical (unpaired) electrons. The van der Waals surface area contributed by atoms with E-state index in [0.717, 1.165) is 16.3 Å². The molecule has 1 heterocycles. The monoisotopic (exact) mass is 511 g/mol. The molecular formula is C27H30ClN3O5. The highest BCUT2D eigenvalue weighted by molar-refractivity contribution is 6.18. The van der Waals surface area contributed by atoms with Gasteiger partial charge in [-0.3, -0.25) is 10.1 Å². The first-order valence-electron chi connectivity index (χ1n) is 11.3. The number of carbonyl (C=O) groups is 2. The van der Waals surface area contributed by atoms with Gasteiger partial charge in [0.15, 0.2) is 0 Å². The van der Waals surface area contributed by atoms with Crippen LogP contribution in [0.1, 0.15) is 31.9 Å². The van der Waals surface area contributed by atoms with E-state index in [1.807, 2.05) is 24.3 Å². The topological polar surface area (TPSA) is 98.8 Å². The number of pyridine rings is 1. The van der Waals surface area contributed by atoms with Gasteiger partial charge in [0.1, 0.15) is 5.60 Å². The van der Waals surface area contributed by atoms with E-state index in [4.69, 9.17) is 25.8 Å². The minimum Gasteiger partial charge on any atom is -0.481 e. The van der Waals surface area contributed by atoms with E-state index >= 15 is 0 Å². The molecule has 8 nitrogen and oxygen atoms in total. The number of halogens is 1. The second kappa shape index (κ2) is 11.8. The molecule has 0 spiro atoms. The lowest BCUT2D eigenvalue weighted by Gasteiger charge is -2.21. The van der Waals surface area contributed by atoms with Crippen LogP contribution in [0.4, 0.5) is 16.2 Å². The molecule has 0 fully saturated rings. The van der Waals surface area contributed by atoms with Crippen molar-refractivity contribution in [2.24, 2.45) is 0 Å². The van der Waals surface area contributed by atoms with Crippen molar-refractivity contribution in [1.29, 1.82) is 0 Å². The van der Waals surface area contributed by atoms with E-state index in [-0.39, 0.29) is 5.91 Å². The van der Waals surface area contributed by atoms with E-state index in [1.54, 1.807) is 45.0 Å². The number of alkyl halides is 1. The molecule has 36 heavy (non-hydrogen) atoms. The van der Waals surface area contributed by atoms with Gasteiger partial charge >= 0.3 is 6.09 Å². The van der Waals surface area contributed by atoms with Crippen LogP contribution in [0.3, 0.4) is 0 Å². The highest BCUT2D eigenvalue weighted by atomic mass is 35.5. The molecule has 190 valence electrons. The van der Waals surface area contributed by atoms with Gasteiger partial charge in [0.05, 0.1) is 19.9 Å². The van der Waals surface area contributed by atoms with Gasteiger partial charge in [0, 0.05) is 34.7 Å². The molecule has 1 aromatic heterocycles. The van der Waals surface area contributed by atoms with Crippen molar-refractivity contribution in [3.05, 3.63) is 59.7 Å². The Morgan fingerprint density at radius 1 is 1.00 bits per heavy atom. The summed E-state index contributed by atoms with van der Waals surface area (Å²) in [6.45, 7) is 5.37. The second-order valence-corrected chi connectivity index (χ2v) is 9.21. The normalized spacial score (nSPS) is 11.4. The molecule has 0 aliphatic heterocycles. The van der Waals surface area contributed by atoms with Crippen molar-refractivity contribution < 1.29 is 23.8 Å². The second-order valence-electron chi connectivity index (χ2n) is 8.84. The van der Waals surface area contributed by atoms with Crippen LogP contribution < -0.4 is 20.1 Å². The number of nitrogens with zero attached hydrogens (tertiary/aromatic N) is 1. The standard InChI is InChI=1S/C27H30ClN3O5/c1-27(2,3)36-26(33)30-22-16-21(20(14-15-28)18-8-6-7-9-19(18)22)29-23(32)12-10-17-11-13-24(34-4)31-25(17)35-5/h6-13,16H,14-15H2,1-5H3,(H,29,32)(H,30,33)/b12-10+. The summed E-state index contributed by atoms with van der Waals surface area (Å²) >= 11 is 6.09. The Balaban J connectivity index is 1.95. The number of anilines is 2.